The quantitative estimate of drug-likeness (QED) is 0.319. The number of nitriles is 1. The highest BCUT2D eigenvalue weighted by atomic mass is 79.9. The fraction of sp³-hybridized carbons (Fsp3) is 0.0870. The van der Waals surface area contributed by atoms with Crippen LogP contribution in [0.3, 0.4) is 0 Å². The second-order valence-corrected chi connectivity index (χ2v) is 6.95. The van der Waals surface area contributed by atoms with E-state index in [-0.39, 0.29) is 12.4 Å². The number of allylic oxidation sites excluding steroid dienone is 1. The predicted octanol–water partition coefficient (Wildman–Crippen LogP) is 6.38. The van der Waals surface area contributed by atoms with Crippen molar-refractivity contribution in [3.05, 3.63) is 93.5 Å². The first-order valence-electron chi connectivity index (χ1n) is 8.63. The van der Waals surface area contributed by atoms with Crippen molar-refractivity contribution < 1.29 is 18.3 Å². The Hall–Kier alpha value is -3.17. The number of halogens is 3. The maximum Gasteiger partial charge on any atom is 0.175 e. The molecular weight excluding hydrogens is 440 g/mol. The van der Waals surface area contributed by atoms with Gasteiger partial charge in [0.1, 0.15) is 18.2 Å². The summed E-state index contributed by atoms with van der Waals surface area (Å²) >= 11 is 3.44. The highest BCUT2D eigenvalue weighted by molar-refractivity contribution is 9.10. The van der Waals surface area contributed by atoms with Crippen molar-refractivity contribution in [1.29, 1.82) is 5.26 Å². The van der Waals surface area contributed by atoms with E-state index in [0.717, 1.165) is 0 Å². The van der Waals surface area contributed by atoms with Gasteiger partial charge >= 0.3 is 0 Å². The van der Waals surface area contributed by atoms with Crippen LogP contribution in [0.2, 0.25) is 0 Å². The van der Waals surface area contributed by atoms with Gasteiger partial charge in [0.2, 0.25) is 0 Å². The average molecular weight is 456 g/mol. The summed E-state index contributed by atoms with van der Waals surface area (Å²) in [5, 5.41) is 9.47. The summed E-state index contributed by atoms with van der Waals surface area (Å²) in [5.41, 5.74) is 1.86. The molecule has 3 aromatic rings. The van der Waals surface area contributed by atoms with Crippen molar-refractivity contribution in [1.82, 2.24) is 0 Å². The standard InChI is InChI=1S/C23H16BrF2NO2/c1-28-22-11-15(9-18(13-27)16-6-4-7-19(25)12-16)10-20(24)23(22)29-14-17-5-2-3-8-21(17)26/h2-12H,14H2,1H3/b18-9-. The van der Waals surface area contributed by atoms with Crippen molar-refractivity contribution in [2.45, 2.75) is 6.61 Å². The molecule has 0 aromatic heterocycles. The zero-order valence-electron chi connectivity index (χ0n) is 15.5. The van der Waals surface area contributed by atoms with E-state index in [9.17, 15) is 14.0 Å². The van der Waals surface area contributed by atoms with Crippen molar-refractivity contribution in [3.8, 4) is 17.6 Å². The number of hydrogen-bond donors (Lipinski definition) is 0. The van der Waals surface area contributed by atoms with E-state index in [4.69, 9.17) is 9.47 Å². The number of methoxy groups -OCH3 is 1. The topological polar surface area (TPSA) is 42.2 Å². The van der Waals surface area contributed by atoms with Crippen molar-refractivity contribution in [2.75, 3.05) is 7.11 Å². The summed E-state index contributed by atoms with van der Waals surface area (Å²) in [6.45, 7) is 0.0313. The largest absolute Gasteiger partial charge is 0.493 e. The maximum atomic E-state index is 13.8. The van der Waals surface area contributed by atoms with E-state index in [1.54, 1.807) is 48.5 Å². The van der Waals surface area contributed by atoms with Gasteiger partial charge in [-0.3, -0.25) is 0 Å². The first-order chi connectivity index (χ1) is 14.0. The molecule has 6 heteroatoms. The summed E-state index contributed by atoms with van der Waals surface area (Å²) in [4.78, 5) is 0. The Morgan fingerprint density at radius 1 is 1.10 bits per heavy atom. The number of ether oxygens (including phenoxy) is 2. The molecule has 0 saturated carbocycles. The third kappa shape index (κ3) is 5.01. The molecule has 3 nitrogen and oxygen atoms in total. The lowest BCUT2D eigenvalue weighted by atomic mass is 10.0. The fourth-order valence-corrected chi connectivity index (χ4v) is 3.31. The summed E-state index contributed by atoms with van der Waals surface area (Å²) in [7, 11) is 1.49. The highest BCUT2D eigenvalue weighted by Crippen LogP contribution is 2.38. The van der Waals surface area contributed by atoms with Gasteiger partial charge in [-0.05, 0) is 63.5 Å². The lowest BCUT2D eigenvalue weighted by molar-refractivity contribution is 0.278. The van der Waals surface area contributed by atoms with Crippen LogP contribution >= 0.6 is 15.9 Å². The molecule has 0 amide bonds. The number of hydrogen-bond acceptors (Lipinski definition) is 3. The second kappa shape index (κ2) is 9.35. The SMILES string of the molecule is COc1cc(/C=C(/C#N)c2cccc(F)c2)cc(Br)c1OCc1ccccc1F. The van der Waals surface area contributed by atoms with Crippen molar-refractivity contribution in [3.63, 3.8) is 0 Å². The molecule has 29 heavy (non-hydrogen) atoms. The Labute approximate surface area is 175 Å². The van der Waals surface area contributed by atoms with E-state index in [1.807, 2.05) is 0 Å². The van der Waals surface area contributed by atoms with Crippen LogP contribution in [0.5, 0.6) is 11.5 Å². The molecule has 0 spiro atoms. The van der Waals surface area contributed by atoms with Crippen LogP contribution in [0.15, 0.2) is 65.1 Å². The van der Waals surface area contributed by atoms with Gasteiger partial charge < -0.3 is 9.47 Å². The molecule has 0 aliphatic rings. The normalized spacial score (nSPS) is 11.1. The smallest absolute Gasteiger partial charge is 0.175 e. The minimum Gasteiger partial charge on any atom is -0.493 e. The molecule has 0 bridgehead atoms. The van der Waals surface area contributed by atoms with E-state index < -0.39 is 5.82 Å². The zero-order chi connectivity index (χ0) is 20.8. The molecule has 0 saturated heterocycles. The number of rotatable bonds is 6. The fourth-order valence-electron chi connectivity index (χ4n) is 2.73. The molecule has 146 valence electrons. The average Bonchev–Trinajstić information content (AvgIpc) is 2.72. The third-order valence-corrected chi connectivity index (χ3v) is 4.74. The van der Waals surface area contributed by atoms with Crippen LogP contribution in [-0.4, -0.2) is 7.11 Å². The Kier molecular flexibility index (Phi) is 6.63. The van der Waals surface area contributed by atoms with Crippen LogP contribution in [0.25, 0.3) is 11.6 Å². The van der Waals surface area contributed by atoms with Gasteiger partial charge in [0, 0.05) is 5.56 Å². The highest BCUT2D eigenvalue weighted by Gasteiger charge is 2.13. The van der Waals surface area contributed by atoms with Crippen LogP contribution in [0.1, 0.15) is 16.7 Å². The van der Waals surface area contributed by atoms with Gasteiger partial charge in [-0.1, -0.05) is 30.3 Å². The summed E-state index contributed by atoms with van der Waals surface area (Å²) in [6.07, 6.45) is 1.63. The van der Waals surface area contributed by atoms with E-state index >= 15 is 0 Å². The molecule has 0 aliphatic heterocycles. The van der Waals surface area contributed by atoms with Crippen molar-refractivity contribution >= 4 is 27.6 Å². The number of nitrogens with zero attached hydrogens (tertiary/aromatic N) is 1. The van der Waals surface area contributed by atoms with Crippen LogP contribution in [-0.2, 0) is 6.61 Å². The first-order valence-corrected chi connectivity index (χ1v) is 9.42. The Morgan fingerprint density at radius 2 is 1.90 bits per heavy atom. The lowest BCUT2D eigenvalue weighted by Gasteiger charge is -2.14. The molecule has 3 aromatic carbocycles. The molecular formula is C23H16BrF2NO2. The monoisotopic (exact) mass is 455 g/mol. The molecule has 0 heterocycles. The summed E-state index contributed by atoms with van der Waals surface area (Å²) in [6, 6.07) is 17.7. The molecule has 0 unspecified atom stereocenters. The molecule has 0 fully saturated rings. The molecule has 3 rings (SSSR count). The Balaban J connectivity index is 1.91. The predicted molar refractivity (Wildman–Crippen MR) is 111 cm³/mol. The lowest BCUT2D eigenvalue weighted by Crippen LogP contribution is -2.01. The number of benzene rings is 3. The second-order valence-electron chi connectivity index (χ2n) is 6.09. The van der Waals surface area contributed by atoms with Crippen molar-refractivity contribution in [2.24, 2.45) is 0 Å². The van der Waals surface area contributed by atoms with Gasteiger partial charge in [0.25, 0.3) is 0 Å². The summed E-state index contributed by atoms with van der Waals surface area (Å²) in [5.74, 6) is 0.0610. The van der Waals surface area contributed by atoms with Gasteiger partial charge in [-0.15, -0.1) is 0 Å². The van der Waals surface area contributed by atoms with E-state index in [2.05, 4.69) is 22.0 Å². The van der Waals surface area contributed by atoms with Gasteiger partial charge in [-0.25, -0.2) is 8.78 Å². The van der Waals surface area contributed by atoms with Crippen LogP contribution in [0.4, 0.5) is 8.78 Å². The Morgan fingerprint density at radius 3 is 2.59 bits per heavy atom. The van der Waals surface area contributed by atoms with Gasteiger partial charge in [-0.2, -0.15) is 5.26 Å². The molecule has 0 aliphatic carbocycles. The van der Waals surface area contributed by atoms with E-state index in [1.165, 1.54) is 25.3 Å². The third-order valence-electron chi connectivity index (χ3n) is 4.15. The Bertz CT molecular complexity index is 1110. The zero-order valence-corrected chi connectivity index (χ0v) is 17.0. The van der Waals surface area contributed by atoms with Crippen LogP contribution in [0, 0.1) is 23.0 Å². The minimum atomic E-state index is -0.417. The maximum absolute atomic E-state index is 13.8. The molecule has 0 radical (unpaired) electrons. The summed E-state index contributed by atoms with van der Waals surface area (Å²) < 4.78 is 39.1. The first kappa shape index (κ1) is 20.6. The van der Waals surface area contributed by atoms with Gasteiger partial charge in [0.05, 0.1) is 23.2 Å². The van der Waals surface area contributed by atoms with Crippen LogP contribution < -0.4 is 9.47 Å². The van der Waals surface area contributed by atoms with Gasteiger partial charge in [0.15, 0.2) is 11.5 Å². The molecule has 0 atom stereocenters. The van der Waals surface area contributed by atoms with E-state index in [0.29, 0.717) is 38.2 Å². The molecule has 0 N–H and O–H groups in total. The minimum absolute atomic E-state index is 0.0313.